The van der Waals surface area contributed by atoms with Crippen LogP contribution in [0.15, 0.2) is 77.3 Å². The number of nitrogens with one attached hydrogen (secondary N) is 1. The molecule has 0 aliphatic heterocycles. The van der Waals surface area contributed by atoms with Crippen molar-refractivity contribution >= 4 is 27.7 Å². The fourth-order valence-electron chi connectivity index (χ4n) is 5.38. The number of hydrogen-bond acceptors (Lipinski definition) is 2. The molecule has 0 heterocycles. The van der Waals surface area contributed by atoms with Gasteiger partial charge in [0.05, 0.1) is 6.42 Å². The van der Waals surface area contributed by atoms with Crippen LogP contribution < -0.4 is 5.32 Å². The lowest BCUT2D eigenvalue weighted by Gasteiger charge is -2.33. The minimum atomic E-state index is -0.596. The Kier molecular flexibility index (Phi) is 9.56. The van der Waals surface area contributed by atoms with Crippen LogP contribution in [-0.4, -0.2) is 28.8 Å². The number of hydrogen-bond donors (Lipinski definition) is 1. The molecule has 0 radical (unpaired) electrons. The van der Waals surface area contributed by atoms with E-state index in [0.29, 0.717) is 13.0 Å². The van der Waals surface area contributed by atoms with Gasteiger partial charge >= 0.3 is 0 Å². The van der Waals surface area contributed by atoms with E-state index in [1.807, 2.05) is 54.6 Å². The fraction of sp³-hybridized carbons (Fsp3) is 0.375. The number of rotatable bonds is 9. The second-order valence-electron chi connectivity index (χ2n) is 10.4. The molecule has 1 saturated carbocycles. The summed E-state index contributed by atoms with van der Waals surface area (Å²) in [6, 6.07) is 23.8. The Morgan fingerprint density at radius 3 is 2.22 bits per heavy atom. The molecule has 194 valence electrons. The smallest absolute Gasteiger partial charge is 0.243 e. The van der Waals surface area contributed by atoms with Gasteiger partial charge < -0.3 is 10.2 Å². The van der Waals surface area contributed by atoms with Gasteiger partial charge in [-0.05, 0) is 55.5 Å². The molecule has 4 rings (SSSR count). The molecule has 3 aromatic carbocycles. The highest BCUT2D eigenvalue weighted by Crippen LogP contribution is 2.22. The summed E-state index contributed by atoms with van der Waals surface area (Å²) in [4.78, 5) is 29.6. The van der Waals surface area contributed by atoms with Crippen molar-refractivity contribution in [3.8, 4) is 0 Å². The molecular weight excluding hydrogens is 524 g/mol. The van der Waals surface area contributed by atoms with Crippen molar-refractivity contribution in [2.45, 2.75) is 77.4 Å². The molecule has 0 spiro atoms. The number of carbonyl (C=O) groups excluding carboxylic acids is 2. The van der Waals surface area contributed by atoms with Gasteiger partial charge in [-0.15, -0.1) is 0 Å². The summed E-state index contributed by atoms with van der Waals surface area (Å²) in [7, 11) is 0. The number of benzene rings is 3. The standard InChI is InChI=1S/C32H37BrN2O2/c1-23-16-24(2)18-27(17-23)21-31(36)35(22-26-12-9-13-28(33)19-26)30(20-25-10-5-3-6-11-25)32(37)34-29-14-7-4-8-15-29/h3,5-6,9-13,16-19,29-30H,4,7-8,14-15,20-22H2,1-2H3,(H,34,37). The van der Waals surface area contributed by atoms with Crippen molar-refractivity contribution in [1.82, 2.24) is 10.2 Å². The highest BCUT2D eigenvalue weighted by atomic mass is 79.9. The van der Waals surface area contributed by atoms with Gasteiger partial charge in [-0.25, -0.2) is 0 Å². The molecule has 0 saturated heterocycles. The topological polar surface area (TPSA) is 49.4 Å². The lowest BCUT2D eigenvalue weighted by atomic mass is 9.94. The van der Waals surface area contributed by atoms with E-state index in [-0.39, 0.29) is 24.3 Å². The number of amides is 2. The van der Waals surface area contributed by atoms with E-state index in [9.17, 15) is 9.59 Å². The molecule has 2 amide bonds. The minimum Gasteiger partial charge on any atom is -0.352 e. The largest absolute Gasteiger partial charge is 0.352 e. The maximum absolute atomic E-state index is 14.0. The molecule has 1 unspecified atom stereocenters. The van der Waals surface area contributed by atoms with Crippen LogP contribution in [-0.2, 0) is 29.0 Å². The fourth-order valence-corrected chi connectivity index (χ4v) is 5.82. The average molecular weight is 562 g/mol. The molecular formula is C32H37BrN2O2. The summed E-state index contributed by atoms with van der Waals surface area (Å²) in [5, 5.41) is 3.31. The van der Waals surface area contributed by atoms with Crippen LogP contribution in [0, 0.1) is 13.8 Å². The first-order valence-electron chi connectivity index (χ1n) is 13.3. The second kappa shape index (κ2) is 13.0. The van der Waals surface area contributed by atoms with Crippen LogP contribution in [0.3, 0.4) is 0 Å². The molecule has 1 aliphatic carbocycles. The van der Waals surface area contributed by atoms with Crippen LogP contribution in [0.1, 0.15) is 59.9 Å². The zero-order valence-electron chi connectivity index (χ0n) is 21.9. The van der Waals surface area contributed by atoms with Crippen molar-refractivity contribution in [2.75, 3.05) is 0 Å². The number of aryl methyl sites for hydroxylation is 2. The highest BCUT2D eigenvalue weighted by Gasteiger charge is 2.32. The Morgan fingerprint density at radius 1 is 0.865 bits per heavy atom. The third-order valence-electron chi connectivity index (χ3n) is 7.10. The molecule has 0 bridgehead atoms. The van der Waals surface area contributed by atoms with Crippen molar-refractivity contribution in [3.05, 3.63) is 105 Å². The monoisotopic (exact) mass is 560 g/mol. The third kappa shape index (κ3) is 8.03. The van der Waals surface area contributed by atoms with Crippen LogP contribution in [0.4, 0.5) is 0 Å². The van der Waals surface area contributed by atoms with Crippen molar-refractivity contribution in [3.63, 3.8) is 0 Å². The van der Waals surface area contributed by atoms with Crippen molar-refractivity contribution in [2.24, 2.45) is 0 Å². The highest BCUT2D eigenvalue weighted by molar-refractivity contribution is 9.10. The van der Waals surface area contributed by atoms with E-state index in [1.165, 1.54) is 6.42 Å². The Morgan fingerprint density at radius 2 is 1.54 bits per heavy atom. The lowest BCUT2D eigenvalue weighted by molar-refractivity contribution is -0.141. The average Bonchev–Trinajstić information content (AvgIpc) is 2.86. The zero-order chi connectivity index (χ0) is 26.2. The normalized spacial score (nSPS) is 14.7. The Balaban J connectivity index is 1.67. The van der Waals surface area contributed by atoms with Crippen LogP contribution in [0.25, 0.3) is 0 Å². The zero-order valence-corrected chi connectivity index (χ0v) is 23.5. The maximum Gasteiger partial charge on any atom is 0.243 e. The first kappa shape index (κ1) is 27.1. The maximum atomic E-state index is 14.0. The summed E-state index contributed by atoms with van der Waals surface area (Å²) in [6.07, 6.45) is 6.26. The molecule has 1 aliphatic rings. The Bertz CT molecular complexity index is 1180. The van der Waals surface area contributed by atoms with E-state index in [4.69, 9.17) is 0 Å². The van der Waals surface area contributed by atoms with Crippen LogP contribution in [0.5, 0.6) is 0 Å². The van der Waals surface area contributed by atoms with Crippen LogP contribution >= 0.6 is 15.9 Å². The van der Waals surface area contributed by atoms with Crippen molar-refractivity contribution < 1.29 is 9.59 Å². The van der Waals surface area contributed by atoms with E-state index < -0.39 is 6.04 Å². The van der Waals surface area contributed by atoms with E-state index in [2.05, 4.69) is 53.3 Å². The summed E-state index contributed by atoms with van der Waals surface area (Å²) in [6.45, 7) is 4.48. The van der Waals surface area contributed by atoms with Gasteiger partial charge in [0.1, 0.15) is 6.04 Å². The van der Waals surface area contributed by atoms with Gasteiger partial charge in [0.2, 0.25) is 11.8 Å². The quantitative estimate of drug-likeness (QED) is 0.316. The van der Waals surface area contributed by atoms with Gasteiger partial charge in [0.15, 0.2) is 0 Å². The summed E-state index contributed by atoms with van der Waals surface area (Å²) in [5.41, 5.74) is 5.29. The Hall–Kier alpha value is -2.92. The van der Waals surface area contributed by atoms with Crippen LogP contribution in [0.2, 0.25) is 0 Å². The van der Waals surface area contributed by atoms with Gasteiger partial charge in [-0.3, -0.25) is 9.59 Å². The van der Waals surface area contributed by atoms with Gasteiger partial charge in [-0.2, -0.15) is 0 Å². The molecule has 0 aromatic heterocycles. The molecule has 5 heteroatoms. The Labute approximate surface area is 229 Å². The predicted molar refractivity (Wildman–Crippen MR) is 153 cm³/mol. The molecule has 1 fully saturated rings. The van der Waals surface area contributed by atoms with E-state index in [0.717, 1.165) is 58.0 Å². The summed E-state index contributed by atoms with van der Waals surface area (Å²) in [5.74, 6) is -0.0933. The minimum absolute atomic E-state index is 0.0373. The van der Waals surface area contributed by atoms with Crippen molar-refractivity contribution in [1.29, 1.82) is 0 Å². The number of carbonyl (C=O) groups is 2. The molecule has 4 nitrogen and oxygen atoms in total. The molecule has 3 aromatic rings. The van der Waals surface area contributed by atoms with Gasteiger partial charge in [0.25, 0.3) is 0 Å². The van der Waals surface area contributed by atoms with Gasteiger partial charge in [0, 0.05) is 23.5 Å². The third-order valence-corrected chi connectivity index (χ3v) is 7.59. The molecule has 1 atom stereocenters. The SMILES string of the molecule is Cc1cc(C)cc(CC(=O)N(Cc2cccc(Br)c2)C(Cc2ccccc2)C(=O)NC2CCCCC2)c1. The predicted octanol–water partition coefficient (Wildman–Crippen LogP) is 6.70. The second-order valence-corrected chi connectivity index (χ2v) is 11.3. The number of nitrogens with zero attached hydrogens (tertiary/aromatic N) is 1. The molecule has 1 N–H and O–H groups in total. The summed E-state index contributed by atoms with van der Waals surface area (Å²) < 4.78 is 0.956. The van der Waals surface area contributed by atoms with E-state index in [1.54, 1.807) is 4.90 Å². The molecule has 37 heavy (non-hydrogen) atoms. The first-order valence-corrected chi connectivity index (χ1v) is 14.1. The first-order chi connectivity index (χ1) is 17.9. The van der Waals surface area contributed by atoms with Gasteiger partial charge in [-0.1, -0.05) is 107 Å². The lowest BCUT2D eigenvalue weighted by Crippen LogP contribution is -2.53. The summed E-state index contributed by atoms with van der Waals surface area (Å²) >= 11 is 3.56. The van der Waals surface area contributed by atoms with E-state index >= 15 is 0 Å². The number of halogens is 1.